The van der Waals surface area contributed by atoms with Gasteiger partial charge in [0.05, 0.1) is 31.7 Å². The first-order chi connectivity index (χ1) is 13.7. The summed E-state index contributed by atoms with van der Waals surface area (Å²) in [5.74, 6) is 0.105. The Morgan fingerprint density at radius 3 is 2.59 bits per heavy atom. The number of thioether (sulfide) groups is 2. The summed E-state index contributed by atoms with van der Waals surface area (Å²) in [5, 5.41) is 9.92. The molecule has 1 aromatic carbocycles. The Balaban J connectivity index is 1.91. The van der Waals surface area contributed by atoms with Crippen LogP contribution in [0.1, 0.15) is 12.8 Å². The SMILES string of the molecule is COc1ccc2c(c1)N(CCCCS(=O)(=O)O)C(=C1SC(=S)N(CCO)C1=O)S2. The van der Waals surface area contributed by atoms with E-state index in [1.54, 1.807) is 7.11 Å². The molecule has 2 aliphatic heterocycles. The van der Waals surface area contributed by atoms with E-state index in [-0.39, 0.29) is 31.2 Å². The van der Waals surface area contributed by atoms with Crippen molar-refractivity contribution < 1.29 is 27.6 Å². The van der Waals surface area contributed by atoms with Gasteiger partial charge in [-0.3, -0.25) is 14.2 Å². The highest BCUT2D eigenvalue weighted by Crippen LogP contribution is 2.51. The minimum atomic E-state index is -4.01. The number of hydrogen-bond donors (Lipinski definition) is 2. The van der Waals surface area contributed by atoms with Crippen LogP contribution in [0.2, 0.25) is 0 Å². The Hall–Kier alpha value is -1.31. The lowest BCUT2D eigenvalue weighted by Crippen LogP contribution is -2.31. The maximum Gasteiger partial charge on any atom is 0.268 e. The summed E-state index contributed by atoms with van der Waals surface area (Å²) in [6.45, 7) is 0.419. The van der Waals surface area contributed by atoms with Crippen LogP contribution >= 0.6 is 35.7 Å². The second-order valence-corrected chi connectivity index (χ2v) is 10.5. The number of anilines is 1. The molecule has 2 aliphatic rings. The topological polar surface area (TPSA) is 107 Å². The third-order valence-corrected chi connectivity index (χ3v) is 7.86. The summed E-state index contributed by atoms with van der Waals surface area (Å²) in [4.78, 5) is 17.6. The van der Waals surface area contributed by atoms with E-state index >= 15 is 0 Å². The smallest absolute Gasteiger partial charge is 0.268 e. The summed E-state index contributed by atoms with van der Waals surface area (Å²) in [6.07, 6.45) is 0.787. The van der Waals surface area contributed by atoms with E-state index in [0.717, 1.165) is 15.6 Å². The van der Waals surface area contributed by atoms with Crippen LogP contribution in [-0.2, 0) is 14.9 Å². The summed E-state index contributed by atoms with van der Waals surface area (Å²) in [5.41, 5.74) is 0.864. The summed E-state index contributed by atoms with van der Waals surface area (Å²) < 4.78 is 36.6. The zero-order valence-corrected chi connectivity index (χ0v) is 18.8. The lowest BCUT2D eigenvalue weighted by atomic mass is 10.2. The van der Waals surface area contributed by atoms with E-state index in [1.165, 1.54) is 28.4 Å². The summed E-state index contributed by atoms with van der Waals surface area (Å²) in [7, 11) is -2.44. The number of unbranched alkanes of at least 4 members (excludes halogenated alkanes) is 1. The van der Waals surface area contributed by atoms with Gasteiger partial charge in [0.25, 0.3) is 16.0 Å². The zero-order valence-electron chi connectivity index (χ0n) is 15.5. The predicted octanol–water partition coefficient (Wildman–Crippen LogP) is 2.30. The molecular formula is C17H20N2O6S4. The lowest BCUT2D eigenvalue weighted by molar-refractivity contribution is -0.122. The highest BCUT2D eigenvalue weighted by molar-refractivity contribution is 8.27. The first kappa shape index (κ1) is 22.4. The summed E-state index contributed by atoms with van der Waals surface area (Å²) >= 11 is 7.92. The fraction of sp³-hybridized carbons (Fsp3) is 0.412. The van der Waals surface area contributed by atoms with Gasteiger partial charge in [0.1, 0.15) is 20.0 Å². The molecule has 1 aromatic rings. The van der Waals surface area contributed by atoms with Crippen molar-refractivity contribution in [3.05, 3.63) is 28.1 Å². The largest absolute Gasteiger partial charge is 0.497 e. The lowest BCUT2D eigenvalue weighted by Gasteiger charge is -2.21. The molecule has 158 valence electrons. The van der Waals surface area contributed by atoms with Crippen molar-refractivity contribution in [1.82, 2.24) is 4.90 Å². The van der Waals surface area contributed by atoms with Crippen LogP contribution in [0.15, 0.2) is 33.0 Å². The number of hydrogen-bond acceptors (Lipinski definition) is 9. The number of thiocarbonyl (C=S) groups is 1. The Labute approximate surface area is 183 Å². The maximum atomic E-state index is 12.8. The van der Waals surface area contributed by atoms with E-state index in [4.69, 9.17) is 21.5 Å². The van der Waals surface area contributed by atoms with Crippen molar-refractivity contribution in [2.75, 3.05) is 37.5 Å². The number of fused-ring (bicyclic) bond motifs is 1. The van der Waals surface area contributed by atoms with E-state index in [0.29, 0.717) is 27.9 Å². The number of amides is 1. The van der Waals surface area contributed by atoms with Gasteiger partial charge in [-0.2, -0.15) is 8.42 Å². The molecule has 0 atom stereocenters. The normalized spacial score (nSPS) is 19.3. The third-order valence-electron chi connectivity index (χ3n) is 4.31. The van der Waals surface area contributed by atoms with Crippen LogP contribution in [0, 0.1) is 0 Å². The van der Waals surface area contributed by atoms with Gasteiger partial charge >= 0.3 is 0 Å². The fourth-order valence-electron chi connectivity index (χ4n) is 2.95. The Morgan fingerprint density at radius 1 is 1.17 bits per heavy atom. The van der Waals surface area contributed by atoms with Crippen LogP contribution in [0.5, 0.6) is 5.75 Å². The number of benzene rings is 1. The summed E-state index contributed by atoms with van der Waals surface area (Å²) in [6, 6.07) is 5.61. The van der Waals surface area contributed by atoms with Crippen molar-refractivity contribution in [1.29, 1.82) is 0 Å². The van der Waals surface area contributed by atoms with E-state index in [9.17, 15) is 18.3 Å². The molecule has 3 rings (SSSR count). The number of carbonyl (C=O) groups is 1. The fourth-order valence-corrected chi connectivity index (χ4v) is 6.15. The highest BCUT2D eigenvalue weighted by Gasteiger charge is 2.38. The van der Waals surface area contributed by atoms with E-state index in [1.807, 2.05) is 23.1 Å². The van der Waals surface area contributed by atoms with Crippen molar-refractivity contribution in [2.45, 2.75) is 17.7 Å². The van der Waals surface area contributed by atoms with E-state index in [2.05, 4.69) is 0 Å². The van der Waals surface area contributed by atoms with Gasteiger partial charge in [-0.05, 0) is 25.0 Å². The molecule has 2 N–H and O–H groups in total. The molecule has 1 fully saturated rings. The third kappa shape index (κ3) is 5.06. The van der Waals surface area contributed by atoms with Crippen molar-refractivity contribution >= 4 is 61.8 Å². The van der Waals surface area contributed by atoms with Gasteiger partial charge in [0.15, 0.2) is 0 Å². The average Bonchev–Trinajstić information content (AvgIpc) is 3.16. The number of β-amino-alcohol motifs (C(OH)–C–C–N with tert-alkyl or cyclic N) is 1. The van der Waals surface area contributed by atoms with Crippen LogP contribution in [0.3, 0.4) is 0 Å². The minimum absolute atomic E-state index is 0.140. The number of nitrogens with zero attached hydrogens (tertiary/aromatic N) is 2. The van der Waals surface area contributed by atoms with Crippen LogP contribution < -0.4 is 9.64 Å². The molecule has 0 spiro atoms. The quantitative estimate of drug-likeness (QED) is 0.251. The van der Waals surface area contributed by atoms with Gasteiger partial charge < -0.3 is 14.7 Å². The Kier molecular flexibility index (Phi) is 7.12. The first-order valence-corrected chi connectivity index (χ1v) is 12.4. The second-order valence-electron chi connectivity index (χ2n) is 6.26. The van der Waals surface area contributed by atoms with Gasteiger partial charge in [-0.1, -0.05) is 35.7 Å². The van der Waals surface area contributed by atoms with Crippen molar-refractivity contribution in [2.24, 2.45) is 0 Å². The van der Waals surface area contributed by atoms with E-state index < -0.39 is 10.1 Å². The number of methoxy groups -OCH3 is 1. The Bertz CT molecular complexity index is 963. The molecule has 12 heteroatoms. The molecule has 2 heterocycles. The van der Waals surface area contributed by atoms with Crippen molar-refractivity contribution in [3.63, 3.8) is 0 Å². The van der Waals surface area contributed by atoms with Gasteiger partial charge in [-0.15, -0.1) is 0 Å². The van der Waals surface area contributed by atoms with Gasteiger partial charge in [0.2, 0.25) is 0 Å². The number of rotatable bonds is 8. The van der Waals surface area contributed by atoms with Gasteiger partial charge in [-0.25, -0.2) is 0 Å². The molecule has 0 aromatic heterocycles. The molecule has 8 nitrogen and oxygen atoms in total. The molecule has 0 bridgehead atoms. The highest BCUT2D eigenvalue weighted by atomic mass is 32.2. The molecule has 0 aliphatic carbocycles. The Morgan fingerprint density at radius 2 is 1.93 bits per heavy atom. The molecule has 0 radical (unpaired) electrons. The van der Waals surface area contributed by atoms with Crippen molar-refractivity contribution in [3.8, 4) is 5.75 Å². The molecule has 1 saturated heterocycles. The van der Waals surface area contributed by atoms with Crippen LogP contribution in [0.4, 0.5) is 5.69 Å². The second kappa shape index (κ2) is 9.23. The van der Waals surface area contributed by atoms with Gasteiger partial charge in [0, 0.05) is 17.5 Å². The monoisotopic (exact) mass is 476 g/mol. The number of carbonyl (C=O) groups excluding carboxylic acids is 1. The molecule has 29 heavy (non-hydrogen) atoms. The minimum Gasteiger partial charge on any atom is -0.497 e. The maximum absolute atomic E-state index is 12.8. The number of aliphatic hydroxyl groups is 1. The number of aliphatic hydroxyl groups excluding tert-OH is 1. The standard InChI is InChI=1S/C17H20N2O6S4/c1-25-11-4-5-13-12(10-11)18(6-2-3-9-29(22,23)24)16(27-13)14-15(21)19(7-8-20)17(26)28-14/h4-5,10,20H,2-3,6-9H2,1H3,(H,22,23,24). The van der Waals surface area contributed by atoms with Crippen LogP contribution in [0.25, 0.3) is 0 Å². The molecule has 0 unspecified atom stereocenters. The number of ether oxygens (including phenoxy) is 1. The molecular weight excluding hydrogens is 456 g/mol. The zero-order chi connectivity index (χ0) is 21.2. The average molecular weight is 477 g/mol. The van der Waals surface area contributed by atoms with Crippen LogP contribution in [-0.4, -0.2) is 65.8 Å². The molecule has 0 saturated carbocycles. The predicted molar refractivity (Wildman–Crippen MR) is 118 cm³/mol. The molecule has 1 amide bonds. The first-order valence-electron chi connectivity index (χ1n) is 8.72.